The van der Waals surface area contributed by atoms with E-state index in [4.69, 9.17) is 21.1 Å². The van der Waals surface area contributed by atoms with Gasteiger partial charge in [-0.15, -0.1) is 0 Å². The van der Waals surface area contributed by atoms with Crippen LogP contribution < -0.4 is 14.8 Å². The van der Waals surface area contributed by atoms with Crippen molar-refractivity contribution < 1.29 is 14.6 Å². The van der Waals surface area contributed by atoms with Crippen LogP contribution in [0, 0.1) is 0 Å². The van der Waals surface area contributed by atoms with Crippen molar-refractivity contribution >= 4 is 11.6 Å². The van der Waals surface area contributed by atoms with Crippen LogP contribution in [-0.4, -0.2) is 55.9 Å². The Hall–Kier alpha value is -1.01. The predicted octanol–water partition coefficient (Wildman–Crippen LogP) is 2.08. The fourth-order valence-electron chi connectivity index (χ4n) is 2.59. The van der Waals surface area contributed by atoms with Gasteiger partial charge in [0.2, 0.25) is 0 Å². The lowest BCUT2D eigenvalue weighted by molar-refractivity contribution is 0.102. The third-order valence-electron chi connectivity index (χ3n) is 3.66. The number of ether oxygens (including phenoxy) is 2. The zero-order valence-corrected chi connectivity index (χ0v) is 14.0. The molecule has 1 aliphatic rings. The fraction of sp³-hybridized carbons (Fsp3) is 0.625. The third kappa shape index (κ3) is 4.49. The topological polar surface area (TPSA) is 54.0 Å². The van der Waals surface area contributed by atoms with Gasteiger partial charge in [0.15, 0.2) is 0 Å². The normalized spacial score (nSPS) is 17.3. The SMILES string of the molecule is CCOc1cc(C(O)CN2CCNCC2)c(OCC)cc1Cl. The van der Waals surface area contributed by atoms with E-state index in [-0.39, 0.29) is 0 Å². The zero-order chi connectivity index (χ0) is 15.9. The second kappa shape index (κ2) is 8.58. The van der Waals surface area contributed by atoms with Crippen LogP contribution in [0.15, 0.2) is 12.1 Å². The Morgan fingerprint density at radius 1 is 1.18 bits per heavy atom. The van der Waals surface area contributed by atoms with E-state index in [0.29, 0.717) is 36.3 Å². The molecule has 1 heterocycles. The minimum absolute atomic E-state index is 0.503. The number of hydrogen-bond donors (Lipinski definition) is 2. The Labute approximate surface area is 137 Å². The smallest absolute Gasteiger partial charge is 0.138 e. The Bertz CT molecular complexity index is 479. The van der Waals surface area contributed by atoms with Gasteiger partial charge in [-0.25, -0.2) is 0 Å². The molecule has 1 unspecified atom stereocenters. The number of nitrogens with one attached hydrogen (secondary N) is 1. The first-order chi connectivity index (χ1) is 10.7. The minimum atomic E-state index is -0.629. The summed E-state index contributed by atoms with van der Waals surface area (Å²) in [5.41, 5.74) is 0.730. The first kappa shape index (κ1) is 17.3. The summed E-state index contributed by atoms with van der Waals surface area (Å²) in [5.74, 6) is 1.21. The molecule has 22 heavy (non-hydrogen) atoms. The molecule has 124 valence electrons. The van der Waals surface area contributed by atoms with Gasteiger partial charge in [-0.3, -0.25) is 4.90 Å². The molecule has 0 saturated carbocycles. The van der Waals surface area contributed by atoms with Gasteiger partial charge in [0.25, 0.3) is 0 Å². The molecule has 6 heteroatoms. The summed E-state index contributed by atoms with van der Waals surface area (Å²) < 4.78 is 11.2. The lowest BCUT2D eigenvalue weighted by Crippen LogP contribution is -2.45. The maximum absolute atomic E-state index is 10.6. The maximum Gasteiger partial charge on any atom is 0.138 e. The highest BCUT2D eigenvalue weighted by molar-refractivity contribution is 6.32. The molecule has 5 nitrogen and oxygen atoms in total. The van der Waals surface area contributed by atoms with Crippen LogP contribution in [0.5, 0.6) is 11.5 Å². The van der Waals surface area contributed by atoms with E-state index in [1.807, 2.05) is 13.8 Å². The zero-order valence-electron chi connectivity index (χ0n) is 13.3. The number of rotatable bonds is 7. The molecule has 0 bridgehead atoms. The molecule has 0 aliphatic carbocycles. The van der Waals surface area contributed by atoms with Crippen LogP contribution in [0.2, 0.25) is 5.02 Å². The Kier molecular flexibility index (Phi) is 6.76. The molecule has 1 aromatic carbocycles. The molecule has 1 saturated heterocycles. The van der Waals surface area contributed by atoms with Crippen LogP contribution in [0.3, 0.4) is 0 Å². The number of piperazine rings is 1. The summed E-state index contributed by atoms with van der Waals surface area (Å²) in [6.07, 6.45) is -0.629. The van der Waals surface area contributed by atoms with Crippen molar-refractivity contribution in [1.82, 2.24) is 10.2 Å². The van der Waals surface area contributed by atoms with E-state index in [9.17, 15) is 5.11 Å². The molecule has 0 spiro atoms. The molecule has 2 rings (SSSR count). The van der Waals surface area contributed by atoms with Crippen molar-refractivity contribution in [2.24, 2.45) is 0 Å². The average molecular weight is 329 g/mol. The van der Waals surface area contributed by atoms with Gasteiger partial charge in [-0.2, -0.15) is 0 Å². The molecular weight excluding hydrogens is 304 g/mol. The predicted molar refractivity (Wildman–Crippen MR) is 88.1 cm³/mol. The Balaban J connectivity index is 2.19. The molecule has 1 aliphatic heterocycles. The third-order valence-corrected chi connectivity index (χ3v) is 3.96. The van der Waals surface area contributed by atoms with Crippen molar-refractivity contribution in [3.63, 3.8) is 0 Å². The Morgan fingerprint density at radius 3 is 2.45 bits per heavy atom. The van der Waals surface area contributed by atoms with Gasteiger partial charge in [0.05, 0.1) is 24.3 Å². The highest BCUT2D eigenvalue weighted by Crippen LogP contribution is 2.36. The number of hydrogen-bond acceptors (Lipinski definition) is 5. The van der Waals surface area contributed by atoms with Gasteiger partial charge < -0.3 is 19.9 Å². The summed E-state index contributed by atoms with van der Waals surface area (Å²) >= 11 is 6.21. The standard InChI is InChI=1S/C16H25ClN2O3/c1-3-21-15-10-13(17)16(22-4-2)9-12(15)14(20)11-19-7-5-18-6-8-19/h9-10,14,18,20H,3-8,11H2,1-2H3. The summed E-state index contributed by atoms with van der Waals surface area (Å²) in [6.45, 7) is 9.24. The fourth-order valence-corrected chi connectivity index (χ4v) is 2.80. The number of aliphatic hydroxyl groups is 1. The van der Waals surface area contributed by atoms with Crippen molar-refractivity contribution in [2.75, 3.05) is 45.9 Å². The van der Waals surface area contributed by atoms with Crippen molar-refractivity contribution in [3.8, 4) is 11.5 Å². The highest BCUT2D eigenvalue weighted by atomic mass is 35.5. The van der Waals surface area contributed by atoms with Crippen LogP contribution in [-0.2, 0) is 0 Å². The number of aliphatic hydroxyl groups excluding tert-OH is 1. The monoisotopic (exact) mass is 328 g/mol. The van der Waals surface area contributed by atoms with Gasteiger partial charge in [-0.05, 0) is 19.9 Å². The quantitative estimate of drug-likeness (QED) is 0.802. The van der Waals surface area contributed by atoms with E-state index in [1.165, 1.54) is 0 Å². The first-order valence-electron chi connectivity index (χ1n) is 7.85. The summed E-state index contributed by atoms with van der Waals surface area (Å²) in [5, 5.41) is 14.4. The molecule has 2 N–H and O–H groups in total. The van der Waals surface area contributed by atoms with E-state index in [1.54, 1.807) is 12.1 Å². The van der Waals surface area contributed by atoms with E-state index >= 15 is 0 Å². The molecule has 1 aromatic rings. The summed E-state index contributed by atoms with van der Waals surface area (Å²) in [4.78, 5) is 2.24. The van der Waals surface area contributed by atoms with Crippen molar-refractivity contribution in [2.45, 2.75) is 20.0 Å². The van der Waals surface area contributed by atoms with Crippen LogP contribution in [0.25, 0.3) is 0 Å². The Morgan fingerprint density at radius 2 is 1.82 bits per heavy atom. The molecule has 0 amide bonds. The number of halogens is 1. The van der Waals surface area contributed by atoms with E-state index in [0.717, 1.165) is 31.7 Å². The van der Waals surface area contributed by atoms with Crippen molar-refractivity contribution in [1.29, 1.82) is 0 Å². The van der Waals surface area contributed by atoms with Crippen LogP contribution in [0.4, 0.5) is 0 Å². The average Bonchev–Trinajstić information content (AvgIpc) is 2.51. The van der Waals surface area contributed by atoms with Gasteiger partial charge in [0, 0.05) is 44.4 Å². The van der Waals surface area contributed by atoms with E-state index in [2.05, 4.69) is 10.2 Å². The number of nitrogens with zero attached hydrogens (tertiary/aromatic N) is 1. The molecule has 1 atom stereocenters. The van der Waals surface area contributed by atoms with E-state index < -0.39 is 6.10 Å². The van der Waals surface area contributed by atoms with Gasteiger partial charge in [0.1, 0.15) is 11.5 Å². The summed E-state index contributed by atoms with van der Waals surface area (Å²) in [7, 11) is 0. The number of β-amino-alcohol motifs (C(OH)–C–C–N with tert-alkyl or cyclic N) is 1. The van der Waals surface area contributed by atoms with Crippen LogP contribution >= 0.6 is 11.6 Å². The van der Waals surface area contributed by atoms with Crippen molar-refractivity contribution in [3.05, 3.63) is 22.7 Å². The molecule has 0 radical (unpaired) electrons. The van der Waals surface area contributed by atoms with Crippen LogP contribution in [0.1, 0.15) is 25.5 Å². The number of benzene rings is 1. The molecule has 1 fully saturated rings. The first-order valence-corrected chi connectivity index (χ1v) is 8.23. The highest BCUT2D eigenvalue weighted by Gasteiger charge is 2.21. The summed E-state index contributed by atoms with van der Waals surface area (Å²) in [6, 6.07) is 3.52. The lowest BCUT2D eigenvalue weighted by Gasteiger charge is -2.29. The second-order valence-electron chi connectivity index (χ2n) is 5.25. The molecular formula is C16H25ClN2O3. The second-order valence-corrected chi connectivity index (χ2v) is 5.66. The maximum atomic E-state index is 10.6. The minimum Gasteiger partial charge on any atom is -0.493 e. The van der Waals surface area contributed by atoms with Gasteiger partial charge >= 0.3 is 0 Å². The molecule has 0 aromatic heterocycles. The lowest BCUT2D eigenvalue weighted by atomic mass is 10.1. The largest absolute Gasteiger partial charge is 0.493 e. The van der Waals surface area contributed by atoms with Gasteiger partial charge in [-0.1, -0.05) is 11.6 Å².